The van der Waals surface area contributed by atoms with Crippen molar-refractivity contribution in [2.75, 3.05) is 18.0 Å². The van der Waals surface area contributed by atoms with Crippen LogP contribution in [-0.2, 0) is 0 Å². The van der Waals surface area contributed by atoms with Crippen molar-refractivity contribution in [1.82, 2.24) is 9.55 Å². The number of fused-ring (bicyclic) bond motifs is 1. The fraction of sp³-hybridized carbons (Fsp3) is 0.526. The number of rotatable bonds is 4. The van der Waals surface area contributed by atoms with Crippen LogP contribution in [0.2, 0.25) is 0 Å². The molecule has 7 nitrogen and oxygen atoms in total. The fourth-order valence-corrected chi connectivity index (χ4v) is 3.97. The molecule has 0 spiro atoms. The number of aromatic carboxylic acids is 1. The Hall–Kier alpha value is -2.19. The van der Waals surface area contributed by atoms with Crippen LogP contribution in [0.4, 0.5) is 10.2 Å². The maximum Gasteiger partial charge on any atom is 0.341 e. The van der Waals surface area contributed by atoms with E-state index >= 15 is 0 Å². The lowest BCUT2D eigenvalue weighted by Crippen LogP contribution is -2.49. The van der Waals surface area contributed by atoms with E-state index in [2.05, 4.69) is 11.9 Å². The van der Waals surface area contributed by atoms with Crippen LogP contribution >= 0.6 is 12.4 Å². The highest BCUT2D eigenvalue weighted by Crippen LogP contribution is 2.37. The third-order valence-electron chi connectivity index (χ3n) is 5.74. The average molecular weight is 411 g/mol. The Bertz CT molecular complexity index is 976. The summed E-state index contributed by atoms with van der Waals surface area (Å²) in [7, 11) is 0. The van der Waals surface area contributed by atoms with Gasteiger partial charge in [-0.25, -0.2) is 14.2 Å². The van der Waals surface area contributed by atoms with Gasteiger partial charge in [0.15, 0.2) is 11.6 Å². The van der Waals surface area contributed by atoms with Crippen LogP contribution in [-0.4, -0.2) is 39.8 Å². The maximum atomic E-state index is 14.8. The number of aromatic nitrogens is 2. The Kier molecular flexibility index (Phi) is 5.63. The van der Waals surface area contributed by atoms with Crippen molar-refractivity contribution in [2.45, 2.75) is 44.7 Å². The first-order valence-corrected chi connectivity index (χ1v) is 9.40. The summed E-state index contributed by atoms with van der Waals surface area (Å²) >= 11 is 0. The van der Waals surface area contributed by atoms with Crippen molar-refractivity contribution in [3.8, 4) is 0 Å². The maximum absolute atomic E-state index is 14.8. The number of nitrogens with two attached hydrogens (primary N) is 1. The number of halogens is 2. The number of carboxylic acid groups (broad SMARTS) is 1. The minimum Gasteiger partial charge on any atom is -0.477 e. The van der Waals surface area contributed by atoms with E-state index in [1.165, 1.54) is 6.20 Å². The minimum atomic E-state index is -1.31. The quantitative estimate of drug-likeness (QED) is 0.803. The van der Waals surface area contributed by atoms with Crippen molar-refractivity contribution < 1.29 is 14.3 Å². The highest BCUT2D eigenvalue weighted by atomic mass is 35.5. The zero-order valence-corrected chi connectivity index (χ0v) is 16.4. The second-order valence-electron chi connectivity index (χ2n) is 7.55. The lowest BCUT2D eigenvalue weighted by Gasteiger charge is -2.37. The molecular weight excluding hydrogens is 387 g/mol. The molecule has 0 bridgehead atoms. The number of carboxylic acids is 1. The molecule has 1 aliphatic carbocycles. The first-order chi connectivity index (χ1) is 12.9. The summed E-state index contributed by atoms with van der Waals surface area (Å²) in [5, 5.41) is 9.32. The zero-order chi connectivity index (χ0) is 19.3. The van der Waals surface area contributed by atoms with Crippen LogP contribution in [0.1, 0.15) is 49.0 Å². The number of anilines is 1. The van der Waals surface area contributed by atoms with E-state index in [1.54, 1.807) is 4.57 Å². The summed E-state index contributed by atoms with van der Waals surface area (Å²) in [6, 6.07) is 1.17. The first-order valence-electron chi connectivity index (χ1n) is 9.40. The molecule has 0 radical (unpaired) electrons. The molecule has 9 heteroatoms. The van der Waals surface area contributed by atoms with Crippen molar-refractivity contribution >= 4 is 35.2 Å². The number of carbonyl (C=O) groups is 1. The number of nitrogens with zero attached hydrogens (tertiary/aromatic N) is 3. The highest BCUT2D eigenvalue weighted by molar-refractivity contribution is 5.92. The molecule has 1 aliphatic heterocycles. The van der Waals surface area contributed by atoms with E-state index in [1.807, 2.05) is 4.90 Å². The molecule has 0 amide bonds. The van der Waals surface area contributed by atoms with Crippen molar-refractivity contribution in [3.05, 3.63) is 33.9 Å². The van der Waals surface area contributed by atoms with Crippen LogP contribution in [0.3, 0.4) is 0 Å². The molecule has 2 atom stereocenters. The summed E-state index contributed by atoms with van der Waals surface area (Å²) in [6.45, 7) is 3.26. The van der Waals surface area contributed by atoms with Gasteiger partial charge in [0.25, 0.3) is 0 Å². The van der Waals surface area contributed by atoms with Crippen molar-refractivity contribution in [1.29, 1.82) is 0 Å². The van der Waals surface area contributed by atoms with Crippen LogP contribution < -0.4 is 16.1 Å². The predicted octanol–water partition coefficient (Wildman–Crippen LogP) is 2.55. The van der Waals surface area contributed by atoms with Gasteiger partial charge in [-0.1, -0.05) is 13.3 Å². The second kappa shape index (κ2) is 7.67. The minimum absolute atomic E-state index is 0. The van der Waals surface area contributed by atoms with Gasteiger partial charge in [0.1, 0.15) is 11.2 Å². The summed E-state index contributed by atoms with van der Waals surface area (Å²) in [5.41, 5.74) is 5.52. The first kappa shape index (κ1) is 20.5. The number of hydrogen-bond donors (Lipinski definition) is 2. The standard InChI is InChI=1S/C19H23FN4O3.ClH/c1-2-10-5-6-23(9-15(10)21)18-14(20)7-12-16(25)13(19(26)27)8-24(11-3-4-11)17(12)22-18;/h7-8,10-11,15H,2-6,9,21H2,1H3,(H,26,27);1H/t10-,15-;/m0./s1. The molecule has 3 N–H and O–H groups in total. The Balaban J connectivity index is 0.00000225. The molecule has 3 heterocycles. The Labute approximate surface area is 167 Å². The summed E-state index contributed by atoms with van der Waals surface area (Å²) in [4.78, 5) is 30.2. The molecule has 0 unspecified atom stereocenters. The van der Waals surface area contributed by atoms with Gasteiger partial charge in [-0.05, 0) is 31.2 Å². The molecule has 2 aromatic heterocycles. The summed E-state index contributed by atoms with van der Waals surface area (Å²) < 4.78 is 16.5. The number of hydrogen-bond acceptors (Lipinski definition) is 5. The lowest BCUT2D eigenvalue weighted by molar-refractivity contribution is 0.0695. The number of piperidine rings is 1. The molecule has 0 aromatic carbocycles. The molecule has 2 fully saturated rings. The zero-order valence-electron chi connectivity index (χ0n) is 15.6. The third kappa shape index (κ3) is 3.46. The van der Waals surface area contributed by atoms with Gasteiger partial charge in [0.2, 0.25) is 5.43 Å². The molecule has 1 saturated heterocycles. The monoisotopic (exact) mass is 410 g/mol. The molecular formula is C19H24ClFN4O3. The topological polar surface area (TPSA) is 101 Å². The van der Waals surface area contributed by atoms with Crippen molar-refractivity contribution in [2.24, 2.45) is 11.7 Å². The average Bonchev–Trinajstić information content (AvgIpc) is 3.46. The molecule has 152 valence electrons. The fourth-order valence-electron chi connectivity index (χ4n) is 3.97. The van der Waals surface area contributed by atoms with Gasteiger partial charge in [-0.3, -0.25) is 4.79 Å². The Morgan fingerprint density at radius 3 is 2.68 bits per heavy atom. The van der Waals surface area contributed by atoms with Crippen LogP contribution in [0.25, 0.3) is 11.0 Å². The molecule has 28 heavy (non-hydrogen) atoms. The molecule has 2 aliphatic rings. The van der Waals surface area contributed by atoms with Crippen LogP contribution in [0, 0.1) is 11.7 Å². The highest BCUT2D eigenvalue weighted by Gasteiger charge is 2.31. The largest absolute Gasteiger partial charge is 0.477 e. The van der Waals surface area contributed by atoms with E-state index in [0.29, 0.717) is 24.7 Å². The smallest absolute Gasteiger partial charge is 0.341 e. The van der Waals surface area contributed by atoms with Gasteiger partial charge in [-0.2, -0.15) is 0 Å². The lowest BCUT2D eigenvalue weighted by atomic mass is 9.90. The second-order valence-corrected chi connectivity index (χ2v) is 7.55. The molecule has 1 saturated carbocycles. The summed E-state index contributed by atoms with van der Waals surface area (Å²) in [6.07, 6.45) is 4.97. The predicted molar refractivity (Wildman–Crippen MR) is 107 cm³/mol. The van der Waals surface area contributed by atoms with E-state index in [4.69, 9.17) is 5.73 Å². The number of pyridine rings is 2. The third-order valence-corrected chi connectivity index (χ3v) is 5.74. The van der Waals surface area contributed by atoms with Gasteiger partial charge < -0.3 is 20.3 Å². The van der Waals surface area contributed by atoms with Crippen LogP contribution in [0.5, 0.6) is 0 Å². The van der Waals surface area contributed by atoms with Gasteiger partial charge in [0, 0.05) is 31.4 Å². The van der Waals surface area contributed by atoms with Gasteiger partial charge in [0.05, 0.1) is 5.39 Å². The SMILES string of the molecule is CC[C@H]1CCN(c2nc3c(cc2F)c(=O)c(C(=O)O)cn3C2CC2)C[C@@H]1N.Cl. The van der Waals surface area contributed by atoms with Gasteiger partial charge >= 0.3 is 5.97 Å². The van der Waals surface area contributed by atoms with E-state index in [9.17, 15) is 19.1 Å². The van der Waals surface area contributed by atoms with Crippen LogP contribution in [0.15, 0.2) is 17.1 Å². The summed E-state index contributed by atoms with van der Waals surface area (Å²) in [5.74, 6) is -1.34. The molecule has 4 rings (SSSR count). The van der Waals surface area contributed by atoms with Crippen molar-refractivity contribution in [3.63, 3.8) is 0 Å². The normalized spacial score (nSPS) is 22.2. The van der Waals surface area contributed by atoms with E-state index < -0.39 is 17.2 Å². The van der Waals surface area contributed by atoms with E-state index in [0.717, 1.165) is 31.7 Å². The van der Waals surface area contributed by atoms with Gasteiger partial charge in [-0.15, -0.1) is 12.4 Å². The van der Waals surface area contributed by atoms with E-state index in [-0.39, 0.29) is 41.3 Å². The molecule has 2 aromatic rings. The Morgan fingerprint density at radius 1 is 1.39 bits per heavy atom. The Morgan fingerprint density at radius 2 is 2.11 bits per heavy atom.